The molecule has 0 spiro atoms. The number of hydrogen-bond donors (Lipinski definition) is 0. The van der Waals surface area contributed by atoms with Crippen LogP contribution in [0.15, 0.2) is 0 Å². The Morgan fingerprint density at radius 1 is 1.20 bits per heavy atom. The summed E-state index contributed by atoms with van der Waals surface area (Å²) in [5, 5.41) is 0. The molecule has 86 valence electrons. The molecule has 1 heteroatoms. The van der Waals surface area contributed by atoms with Crippen LogP contribution in [0.5, 0.6) is 0 Å². The fourth-order valence-corrected chi connectivity index (χ4v) is 1.88. The van der Waals surface area contributed by atoms with Gasteiger partial charge in [0.15, 0.2) is 0 Å². The first-order valence-corrected chi connectivity index (χ1v) is 6.30. The number of likely N-dealkylation sites (tertiary alicyclic amines) is 1. The van der Waals surface area contributed by atoms with E-state index in [1.807, 2.05) is 0 Å². The maximum absolute atomic E-state index is 3.25. The predicted octanol–water partition coefficient (Wildman–Crippen LogP) is 3.01. The molecule has 0 N–H and O–H groups in total. The maximum atomic E-state index is 3.25. The highest BCUT2D eigenvalue weighted by atomic mass is 15.2. The standard InChI is InChI=1S/C14H25N/c1-12(2)8-6-5-7-9-15-10-14(11-15)13(3)4/h12-14H,5,7,9-11H2,1-4H3. The highest BCUT2D eigenvalue weighted by Crippen LogP contribution is 2.23. The third kappa shape index (κ3) is 4.71. The average Bonchev–Trinajstić information content (AvgIpc) is 2.06. The SMILES string of the molecule is CC(C)C#CCCCN1CC(C(C)C)C1. The molecule has 0 aromatic rings. The summed E-state index contributed by atoms with van der Waals surface area (Å²) in [6, 6.07) is 0. The fourth-order valence-electron chi connectivity index (χ4n) is 1.88. The van der Waals surface area contributed by atoms with E-state index in [1.54, 1.807) is 0 Å². The van der Waals surface area contributed by atoms with Gasteiger partial charge in [0.25, 0.3) is 0 Å². The minimum absolute atomic E-state index is 0.527. The van der Waals surface area contributed by atoms with Crippen LogP contribution in [0.25, 0.3) is 0 Å². The first-order chi connectivity index (χ1) is 7.09. The van der Waals surface area contributed by atoms with Crippen molar-refractivity contribution < 1.29 is 0 Å². The molecule has 0 aromatic carbocycles. The Hall–Kier alpha value is -0.480. The molecule has 0 amide bonds. The quantitative estimate of drug-likeness (QED) is 0.506. The highest BCUT2D eigenvalue weighted by molar-refractivity contribution is 5.01. The summed E-state index contributed by atoms with van der Waals surface area (Å²) < 4.78 is 0. The van der Waals surface area contributed by atoms with Crippen molar-refractivity contribution in [2.75, 3.05) is 19.6 Å². The molecule has 1 heterocycles. The zero-order valence-corrected chi connectivity index (χ0v) is 10.7. The van der Waals surface area contributed by atoms with Gasteiger partial charge in [-0.15, -0.1) is 11.8 Å². The molecule has 1 rings (SSSR count). The number of unbranched alkanes of at least 4 members (excludes halogenated alkanes) is 1. The predicted molar refractivity (Wildman–Crippen MR) is 66.6 cm³/mol. The van der Waals surface area contributed by atoms with Gasteiger partial charge in [-0.1, -0.05) is 27.7 Å². The first kappa shape index (κ1) is 12.6. The van der Waals surface area contributed by atoms with Gasteiger partial charge >= 0.3 is 0 Å². The zero-order chi connectivity index (χ0) is 11.3. The Morgan fingerprint density at radius 3 is 2.40 bits per heavy atom. The molecule has 0 unspecified atom stereocenters. The molecule has 1 nitrogen and oxygen atoms in total. The second kappa shape index (κ2) is 6.18. The Kier molecular flexibility index (Phi) is 5.19. The van der Waals surface area contributed by atoms with Crippen LogP contribution >= 0.6 is 0 Å². The van der Waals surface area contributed by atoms with Crippen molar-refractivity contribution in [2.45, 2.75) is 40.5 Å². The summed E-state index contributed by atoms with van der Waals surface area (Å²) in [5.74, 6) is 8.80. The summed E-state index contributed by atoms with van der Waals surface area (Å²) >= 11 is 0. The molecular weight excluding hydrogens is 182 g/mol. The highest BCUT2D eigenvalue weighted by Gasteiger charge is 2.27. The van der Waals surface area contributed by atoms with E-state index in [0.29, 0.717) is 5.92 Å². The van der Waals surface area contributed by atoms with Crippen LogP contribution in [0.2, 0.25) is 0 Å². The third-order valence-electron chi connectivity index (χ3n) is 3.10. The Morgan fingerprint density at radius 2 is 1.87 bits per heavy atom. The number of rotatable bonds is 4. The molecular formula is C14H25N. The van der Waals surface area contributed by atoms with Gasteiger partial charge < -0.3 is 4.90 Å². The summed E-state index contributed by atoms with van der Waals surface area (Å²) in [5.41, 5.74) is 0. The second-order valence-corrected chi connectivity index (χ2v) is 5.34. The van der Waals surface area contributed by atoms with Crippen LogP contribution in [-0.2, 0) is 0 Å². The van der Waals surface area contributed by atoms with E-state index in [-0.39, 0.29) is 0 Å². The molecule has 1 aliphatic heterocycles. The lowest BCUT2D eigenvalue weighted by Crippen LogP contribution is -2.49. The molecule has 1 aliphatic rings. The van der Waals surface area contributed by atoms with Crippen molar-refractivity contribution in [1.82, 2.24) is 4.90 Å². The van der Waals surface area contributed by atoms with Gasteiger partial charge in [-0.25, -0.2) is 0 Å². The molecule has 0 aliphatic carbocycles. The lowest BCUT2D eigenvalue weighted by molar-refractivity contribution is 0.0681. The largest absolute Gasteiger partial charge is 0.303 e. The van der Waals surface area contributed by atoms with E-state index < -0.39 is 0 Å². The van der Waals surface area contributed by atoms with Crippen LogP contribution in [0.3, 0.4) is 0 Å². The van der Waals surface area contributed by atoms with E-state index in [4.69, 9.17) is 0 Å². The van der Waals surface area contributed by atoms with Crippen LogP contribution in [0, 0.1) is 29.6 Å². The summed E-state index contributed by atoms with van der Waals surface area (Å²) in [4.78, 5) is 2.56. The van der Waals surface area contributed by atoms with Gasteiger partial charge in [0.05, 0.1) is 0 Å². The molecule has 0 bridgehead atoms. The molecule has 1 fully saturated rings. The number of hydrogen-bond acceptors (Lipinski definition) is 1. The van der Waals surface area contributed by atoms with E-state index in [9.17, 15) is 0 Å². The van der Waals surface area contributed by atoms with Crippen LogP contribution in [-0.4, -0.2) is 24.5 Å². The molecule has 1 saturated heterocycles. The lowest BCUT2D eigenvalue weighted by Gasteiger charge is -2.41. The normalized spacial score (nSPS) is 17.7. The van der Waals surface area contributed by atoms with Crippen molar-refractivity contribution in [1.29, 1.82) is 0 Å². The smallest absolute Gasteiger partial charge is 0.0146 e. The minimum atomic E-state index is 0.527. The Labute approximate surface area is 95.2 Å². The van der Waals surface area contributed by atoms with Crippen LogP contribution in [0.4, 0.5) is 0 Å². The summed E-state index contributed by atoms with van der Waals surface area (Å²) in [7, 11) is 0. The zero-order valence-electron chi connectivity index (χ0n) is 10.7. The Balaban J connectivity index is 1.98. The fraction of sp³-hybridized carbons (Fsp3) is 0.857. The second-order valence-electron chi connectivity index (χ2n) is 5.34. The summed E-state index contributed by atoms with van der Waals surface area (Å²) in [6.45, 7) is 12.8. The van der Waals surface area contributed by atoms with Crippen LogP contribution in [0.1, 0.15) is 40.5 Å². The third-order valence-corrected chi connectivity index (χ3v) is 3.10. The van der Waals surface area contributed by atoms with Crippen LogP contribution < -0.4 is 0 Å². The molecule has 0 aromatic heterocycles. The van der Waals surface area contributed by atoms with Crippen molar-refractivity contribution in [3.8, 4) is 11.8 Å². The van der Waals surface area contributed by atoms with Crippen molar-refractivity contribution in [3.63, 3.8) is 0 Å². The topological polar surface area (TPSA) is 3.24 Å². The van der Waals surface area contributed by atoms with Gasteiger partial charge in [-0.2, -0.15) is 0 Å². The molecule has 0 radical (unpaired) electrons. The van der Waals surface area contributed by atoms with Crippen molar-refractivity contribution in [3.05, 3.63) is 0 Å². The van der Waals surface area contributed by atoms with E-state index in [1.165, 1.54) is 26.1 Å². The molecule has 15 heavy (non-hydrogen) atoms. The van der Waals surface area contributed by atoms with Gasteiger partial charge in [0.1, 0.15) is 0 Å². The summed E-state index contributed by atoms with van der Waals surface area (Å²) in [6.07, 6.45) is 2.31. The molecule has 0 saturated carbocycles. The van der Waals surface area contributed by atoms with E-state index in [2.05, 4.69) is 44.4 Å². The van der Waals surface area contributed by atoms with Crippen molar-refractivity contribution >= 4 is 0 Å². The van der Waals surface area contributed by atoms with Gasteiger partial charge in [0.2, 0.25) is 0 Å². The van der Waals surface area contributed by atoms with Gasteiger partial charge in [-0.05, 0) is 24.8 Å². The van der Waals surface area contributed by atoms with Crippen molar-refractivity contribution in [2.24, 2.45) is 17.8 Å². The van der Waals surface area contributed by atoms with Gasteiger partial charge in [-0.3, -0.25) is 0 Å². The average molecular weight is 207 g/mol. The molecule has 0 atom stereocenters. The first-order valence-electron chi connectivity index (χ1n) is 6.30. The minimum Gasteiger partial charge on any atom is -0.303 e. The monoisotopic (exact) mass is 207 g/mol. The van der Waals surface area contributed by atoms with Gasteiger partial charge in [0, 0.05) is 25.4 Å². The Bertz CT molecular complexity index is 225. The number of nitrogens with zero attached hydrogens (tertiary/aromatic N) is 1. The van der Waals surface area contributed by atoms with E-state index >= 15 is 0 Å². The lowest BCUT2D eigenvalue weighted by atomic mass is 9.88. The van der Waals surface area contributed by atoms with E-state index in [0.717, 1.165) is 18.3 Å². The maximum Gasteiger partial charge on any atom is 0.0146 e.